The lowest BCUT2D eigenvalue weighted by Crippen LogP contribution is -2.38. The molecule has 4 aromatic carbocycles. The molecule has 0 aromatic heterocycles. The van der Waals surface area contributed by atoms with E-state index < -0.39 is 6.09 Å². The van der Waals surface area contributed by atoms with Crippen LogP contribution in [0.15, 0.2) is 115 Å². The monoisotopic (exact) mass is 506 g/mol. The number of benzene rings is 4. The summed E-state index contributed by atoms with van der Waals surface area (Å²) in [5, 5.41) is 9.68. The van der Waals surface area contributed by atoms with Crippen LogP contribution >= 0.6 is 0 Å². The fourth-order valence-corrected chi connectivity index (χ4v) is 4.20. The molecule has 0 aliphatic rings. The summed E-state index contributed by atoms with van der Waals surface area (Å²) in [4.78, 5) is 41.0. The smallest absolute Gasteiger partial charge is 0.407 e. The number of hydrogen-bond donors (Lipinski definition) is 1. The third kappa shape index (κ3) is 7.64. The summed E-state index contributed by atoms with van der Waals surface area (Å²) in [5.41, 5.74) is 4.22. The van der Waals surface area contributed by atoms with Crippen LogP contribution in [0.3, 0.4) is 0 Å². The summed E-state index contributed by atoms with van der Waals surface area (Å²) in [7, 11) is 0. The van der Waals surface area contributed by atoms with Crippen LogP contribution in [0.5, 0.6) is 0 Å². The molecule has 38 heavy (non-hydrogen) atoms. The summed E-state index contributed by atoms with van der Waals surface area (Å²) in [6, 6.07) is 35.6. The molecule has 0 saturated heterocycles. The lowest BCUT2D eigenvalue weighted by molar-refractivity contribution is -0.144. The Morgan fingerprint density at radius 2 is 0.816 bits per heavy atom. The summed E-state index contributed by atoms with van der Waals surface area (Å²) in [5.74, 6) is -0.526. The average Bonchev–Trinajstić information content (AvgIpc) is 2.93. The number of imide groups is 1. The highest BCUT2D eigenvalue weighted by atomic mass is 16.4. The van der Waals surface area contributed by atoms with Gasteiger partial charge in [-0.25, -0.2) is 4.79 Å². The minimum Gasteiger partial charge on any atom is -0.465 e. The van der Waals surface area contributed by atoms with E-state index in [1.807, 2.05) is 115 Å². The van der Waals surface area contributed by atoms with Gasteiger partial charge in [-0.05, 0) is 27.8 Å². The molecule has 192 valence electrons. The summed E-state index contributed by atoms with van der Waals surface area (Å²) in [6.45, 7) is 0.659. The van der Waals surface area contributed by atoms with Gasteiger partial charge in [-0.3, -0.25) is 19.4 Å². The van der Waals surface area contributed by atoms with Crippen LogP contribution in [0, 0.1) is 0 Å². The zero-order valence-electron chi connectivity index (χ0n) is 21.1. The molecular formula is C32H30N2O4. The lowest BCUT2D eigenvalue weighted by atomic mass is 10.1. The van der Waals surface area contributed by atoms with Crippen molar-refractivity contribution in [3.05, 3.63) is 143 Å². The summed E-state index contributed by atoms with van der Waals surface area (Å²) in [6.07, 6.45) is -0.735. The Balaban J connectivity index is 1.47. The van der Waals surface area contributed by atoms with Crippen molar-refractivity contribution in [1.29, 1.82) is 0 Å². The fraction of sp³-hybridized carbons (Fsp3) is 0.156. The molecule has 0 atom stereocenters. The molecule has 6 nitrogen and oxygen atoms in total. The second-order valence-electron chi connectivity index (χ2n) is 9.14. The van der Waals surface area contributed by atoms with E-state index in [2.05, 4.69) is 0 Å². The Labute approximate surface area is 222 Å². The molecule has 0 aliphatic heterocycles. The summed E-state index contributed by atoms with van der Waals surface area (Å²) >= 11 is 0. The Hall–Kier alpha value is -4.71. The van der Waals surface area contributed by atoms with E-state index in [1.54, 1.807) is 0 Å². The normalized spacial score (nSPS) is 10.5. The number of amides is 3. The standard InChI is InChI=1S/C32H30N2O4/c35-30(20-25-10-4-1-5-11-25)34(31(36)21-26-12-6-2-7-13-26)24-29-18-16-28(17-19-29)23-33(32(37)38)22-27-14-8-3-9-15-27/h1-19H,20-24H2,(H,37,38). The molecule has 6 heteroatoms. The average molecular weight is 507 g/mol. The van der Waals surface area contributed by atoms with Crippen molar-refractivity contribution in [1.82, 2.24) is 9.80 Å². The van der Waals surface area contributed by atoms with Crippen LogP contribution in [0.2, 0.25) is 0 Å². The van der Waals surface area contributed by atoms with Gasteiger partial charge in [0.25, 0.3) is 0 Å². The van der Waals surface area contributed by atoms with Crippen LogP contribution in [0.4, 0.5) is 4.79 Å². The topological polar surface area (TPSA) is 77.9 Å². The first-order valence-electron chi connectivity index (χ1n) is 12.5. The second kappa shape index (κ2) is 13.0. The molecule has 0 radical (unpaired) electrons. The van der Waals surface area contributed by atoms with Crippen molar-refractivity contribution in [3.63, 3.8) is 0 Å². The second-order valence-corrected chi connectivity index (χ2v) is 9.14. The predicted molar refractivity (Wildman–Crippen MR) is 146 cm³/mol. The number of carbonyl (C=O) groups excluding carboxylic acids is 2. The van der Waals surface area contributed by atoms with E-state index in [9.17, 15) is 19.5 Å². The highest BCUT2D eigenvalue weighted by molar-refractivity contribution is 5.97. The van der Waals surface area contributed by atoms with Crippen LogP contribution in [-0.4, -0.2) is 32.8 Å². The first kappa shape index (κ1) is 26.4. The van der Waals surface area contributed by atoms with Gasteiger partial charge in [0, 0.05) is 13.1 Å². The van der Waals surface area contributed by atoms with Gasteiger partial charge < -0.3 is 5.11 Å². The minimum absolute atomic E-state index is 0.131. The molecule has 0 aliphatic carbocycles. The molecule has 4 aromatic rings. The Bertz CT molecular complexity index is 1290. The largest absolute Gasteiger partial charge is 0.465 e. The minimum atomic E-state index is -0.998. The van der Waals surface area contributed by atoms with Gasteiger partial charge in [0.15, 0.2) is 0 Å². The van der Waals surface area contributed by atoms with Gasteiger partial charge in [0.05, 0.1) is 19.4 Å². The first-order chi connectivity index (χ1) is 18.5. The quantitative estimate of drug-likeness (QED) is 0.299. The first-order valence-corrected chi connectivity index (χ1v) is 12.5. The molecule has 0 spiro atoms. The maximum Gasteiger partial charge on any atom is 0.407 e. The molecule has 0 unspecified atom stereocenters. The van der Waals surface area contributed by atoms with E-state index >= 15 is 0 Å². The molecule has 0 saturated carbocycles. The van der Waals surface area contributed by atoms with Gasteiger partial charge in [-0.2, -0.15) is 0 Å². The van der Waals surface area contributed by atoms with Crippen molar-refractivity contribution < 1.29 is 19.5 Å². The van der Waals surface area contributed by atoms with E-state index in [0.717, 1.165) is 27.8 Å². The van der Waals surface area contributed by atoms with Gasteiger partial charge in [-0.1, -0.05) is 115 Å². The summed E-state index contributed by atoms with van der Waals surface area (Å²) < 4.78 is 0. The van der Waals surface area contributed by atoms with Gasteiger partial charge in [-0.15, -0.1) is 0 Å². The predicted octanol–water partition coefficient (Wildman–Crippen LogP) is 5.71. The molecule has 0 heterocycles. The number of hydrogen-bond acceptors (Lipinski definition) is 3. The fourth-order valence-electron chi connectivity index (χ4n) is 4.20. The van der Waals surface area contributed by atoms with E-state index in [0.29, 0.717) is 0 Å². The Kier molecular flexibility index (Phi) is 9.03. The molecule has 1 N–H and O–H groups in total. The molecule has 4 rings (SSSR count). The van der Waals surface area contributed by atoms with Crippen LogP contribution in [0.1, 0.15) is 27.8 Å². The molecule has 3 amide bonds. The van der Waals surface area contributed by atoms with Crippen molar-refractivity contribution >= 4 is 17.9 Å². The SMILES string of the molecule is O=C(O)N(Cc1ccccc1)Cc1ccc(CN(C(=O)Cc2ccccc2)C(=O)Cc2ccccc2)cc1. The molecular weight excluding hydrogens is 476 g/mol. The maximum atomic E-state index is 13.2. The molecule has 0 bridgehead atoms. The zero-order valence-corrected chi connectivity index (χ0v) is 21.1. The van der Waals surface area contributed by atoms with Crippen LogP contribution < -0.4 is 0 Å². The van der Waals surface area contributed by atoms with Crippen molar-refractivity contribution in [2.75, 3.05) is 0 Å². The van der Waals surface area contributed by atoms with Crippen molar-refractivity contribution in [2.45, 2.75) is 32.5 Å². The number of carboxylic acid groups (broad SMARTS) is 1. The van der Waals surface area contributed by atoms with Crippen LogP contribution in [0.25, 0.3) is 0 Å². The van der Waals surface area contributed by atoms with E-state index in [-0.39, 0.29) is 44.3 Å². The number of rotatable bonds is 10. The number of carbonyl (C=O) groups is 3. The number of nitrogens with zero attached hydrogens (tertiary/aromatic N) is 2. The maximum absolute atomic E-state index is 13.2. The van der Waals surface area contributed by atoms with Gasteiger partial charge in [0.1, 0.15) is 0 Å². The highest BCUT2D eigenvalue weighted by Crippen LogP contribution is 2.15. The lowest BCUT2D eigenvalue weighted by Gasteiger charge is -2.22. The third-order valence-electron chi connectivity index (χ3n) is 6.22. The molecule has 0 fully saturated rings. The Morgan fingerprint density at radius 1 is 0.474 bits per heavy atom. The van der Waals surface area contributed by atoms with Crippen molar-refractivity contribution in [3.8, 4) is 0 Å². The van der Waals surface area contributed by atoms with Crippen LogP contribution in [-0.2, 0) is 42.1 Å². The van der Waals surface area contributed by atoms with E-state index in [4.69, 9.17) is 0 Å². The zero-order chi connectivity index (χ0) is 26.7. The van der Waals surface area contributed by atoms with Gasteiger partial charge in [0.2, 0.25) is 11.8 Å². The third-order valence-corrected chi connectivity index (χ3v) is 6.22. The highest BCUT2D eigenvalue weighted by Gasteiger charge is 2.22. The van der Waals surface area contributed by atoms with Gasteiger partial charge >= 0.3 is 6.09 Å². The van der Waals surface area contributed by atoms with E-state index in [1.165, 1.54) is 9.80 Å². The van der Waals surface area contributed by atoms with Crippen molar-refractivity contribution in [2.24, 2.45) is 0 Å². The Morgan fingerprint density at radius 3 is 1.21 bits per heavy atom.